The van der Waals surface area contributed by atoms with Gasteiger partial charge in [-0.2, -0.15) is 0 Å². The summed E-state index contributed by atoms with van der Waals surface area (Å²) in [5.74, 6) is -1.43. The van der Waals surface area contributed by atoms with E-state index in [0.29, 0.717) is 17.0 Å². The maximum atomic E-state index is 12.2. The van der Waals surface area contributed by atoms with Gasteiger partial charge >= 0.3 is 5.97 Å². The van der Waals surface area contributed by atoms with Crippen molar-refractivity contribution in [3.8, 4) is 5.75 Å². The largest absolute Gasteiger partial charge is 0.482 e. The number of Topliss-reactive ketones (excluding diaryl/α,β-unsaturated/α-hetero) is 1. The van der Waals surface area contributed by atoms with Crippen molar-refractivity contribution in [3.63, 3.8) is 0 Å². The highest BCUT2D eigenvalue weighted by Gasteiger charge is 2.19. The second-order valence-corrected chi connectivity index (χ2v) is 6.96. The van der Waals surface area contributed by atoms with Gasteiger partial charge in [-0.15, -0.1) is 0 Å². The summed E-state index contributed by atoms with van der Waals surface area (Å²) in [4.78, 5) is 47.4. The second-order valence-electron chi connectivity index (χ2n) is 5.79. The van der Waals surface area contributed by atoms with Crippen molar-refractivity contribution in [2.75, 3.05) is 25.1 Å². The van der Waals surface area contributed by atoms with Gasteiger partial charge in [0, 0.05) is 9.13 Å². The molecule has 0 aromatic heterocycles. The number of esters is 1. The van der Waals surface area contributed by atoms with Crippen LogP contribution in [0.15, 0.2) is 42.5 Å². The predicted octanol–water partition coefficient (Wildman–Crippen LogP) is 1.78. The number of ether oxygens (including phenoxy) is 2. The summed E-state index contributed by atoms with van der Waals surface area (Å²) in [5.41, 5.74) is 1.10. The van der Waals surface area contributed by atoms with E-state index in [1.165, 1.54) is 12.1 Å². The molecule has 28 heavy (non-hydrogen) atoms. The van der Waals surface area contributed by atoms with E-state index in [1.807, 2.05) is 22.6 Å². The maximum Gasteiger partial charge on any atom is 0.325 e. The molecule has 144 valence electrons. The first-order valence-electron chi connectivity index (χ1n) is 8.22. The molecule has 1 heterocycles. The van der Waals surface area contributed by atoms with Crippen molar-refractivity contribution in [2.45, 2.75) is 0 Å². The molecule has 0 aliphatic carbocycles. The molecule has 0 saturated carbocycles. The van der Waals surface area contributed by atoms with Crippen LogP contribution in [-0.4, -0.2) is 43.3 Å². The zero-order valence-electron chi connectivity index (χ0n) is 14.5. The summed E-state index contributed by atoms with van der Waals surface area (Å²) in [6.07, 6.45) is 0. The lowest BCUT2D eigenvalue weighted by atomic mass is 10.1. The Morgan fingerprint density at radius 1 is 1.18 bits per heavy atom. The van der Waals surface area contributed by atoms with Crippen molar-refractivity contribution in [3.05, 3.63) is 57.2 Å². The van der Waals surface area contributed by atoms with Gasteiger partial charge in [0.1, 0.15) is 12.3 Å². The van der Waals surface area contributed by atoms with Gasteiger partial charge in [0.2, 0.25) is 0 Å². The fourth-order valence-corrected chi connectivity index (χ4v) is 3.06. The van der Waals surface area contributed by atoms with E-state index in [2.05, 4.69) is 10.6 Å². The second kappa shape index (κ2) is 8.83. The van der Waals surface area contributed by atoms with Crippen LogP contribution in [0.1, 0.15) is 20.7 Å². The highest BCUT2D eigenvalue weighted by atomic mass is 127. The average molecular weight is 494 g/mol. The summed E-state index contributed by atoms with van der Waals surface area (Å²) in [6.45, 7) is -0.915. The van der Waals surface area contributed by atoms with Crippen LogP contribution in [0, 0.1) is 3.57 Å². The number of hydrogen-bond donors (Lipinski definition) is 2. The van der Waals surface area contributed by atoms with E-state index >= 15 is 0 Å². The predicted molar refractivity (Wildman–Crippen MR) is 107 cm³/mol. The molecule has 0 bridgehead atoms. The monoisotopic (exact) mass is 494 g/mol. The lowest BCUT2D eigenvalue weighted by Crippen LogP contribution is -2.32. The third-order valence-electron chi connectivity index (χ3n) is 3.81. The minimum Gasteiger partial charge on any atom is -0.482 e. The fourth-order valence-electron chi connectivity index (χ4n) is 2.43. The first-order valence-corrected chi connectivity index (χ1v) is 9.30. The van der Waals surface area contributed by atoms with Crippen molar-refractivity contribution in [2.24, 2.45) is 0 Å². The van der Waals surface area contributed by atoms with Crippen molar-refractivity contribution >= 4 is 51.8 Å². The Hall–Kier alpha value is -2.95. The highest BCUT2D eigenvalue weighted by Crippen LogP contribution is 2.28. The number of nitrogens with one attached hydrogen (secondary N) is 2. The minimum absolute atomic E-state index is 0.0777. The molecule has 0 fully saturated rings. The van der Waals surface area contributed by atoms with Crippen molar-refractivity contribution in [1.29, 1.82) is 0 Å². The zero-order valence-corrected chi connectivity index (χ0v) is 16.6. The molecule has 2 aromatic carbocycles. The number of benzene rings is 2. The van der Waals surface area contributed by atoms with Gasteiger partial charge in [0.25, 0.3) is 11.8 Å². The number of hydrogen-bond acceptors (Lipinski definition) is 6. The van der Waals surface area contributed by atoms with Crippen molar-refractivity contribution < 1.29 is 28.7 Å². The lowest BCUT2D eigenvalue weighted by Gasteiger charge is -2.18. The molecular formula is C19H15IN2O6. The number of amides is 2. The first kappa shape index (κ1) is 19.8. The number of carbonyl (C=O) groups is 4. The molecule has 0 unspecified atom stereocenters. The molecule has 2 amide bonds. The standard InChI is InChI=1S/C19H15IN2O6/c20-13-4-2-1-3-12(13)19(26)21-8-18(25)28-9-15(23)11-5-6-16-14(7-11)22-17(24)10-27-16/h1-7H,8-10H2,(H,21,26)(H,22,24). The van der Waals surface area contributed by atoms with E-state index in [1.54, 1.807) is 30.3 Å². The molecule has 0 saturated heterocycles. The number of carbonyl (C=O) groups excluding carboxylic acids is 4. The number of ketones is 1. The lowest BCUT2D eigenvalue weighted by molar-refractivity contribution is -0.141. The molecule has 3 rings (SSSR count). The van der Waals surface area contributed by atoms with Crippen LogP contribution >= 0.6 is 22.6 Å². The van der Waals surface area contributed by atoms with Crippen LogP contribution < -0.4 is 15.4 Å². The number of anilines is 1. The molecule has 2 aromatic rings. The van der Waals surface area contributed by atoms with Gasteiger partial charge in [-0.3, -0.25) is 19.2 Å². The van der Waals surface area contributed by atoms with Crippen LogP contribution in [0.25, 0.3) is 0 Å². The van der Waals surface area contributed by atoms with Crippen molar-refractivity contribution in [1.82, 2.24) is 5.32 Å². The third kappa shape index (κ3) is 4.85. The average Bonchev–Trinajstić information content (AvgIpc) is 2.70. The molecule has 9 heteroatoms. The quantitative estimate of drug-likeness (QED) is 0.360. The Labute approximate surface area is 173 Å². The molecule has 0 radical (unpaired) electrons. The van der Waals surface area contributed by atoms with Gasteiger partial charge in [-0.05, 0) is 52.9 Å². The molecule has 0 spiro atoms. The summed E-state index contributed by atoms with van der Waals surface area (Å²) >= 11 is 2.02. The van der Waals surface area contributed by atoms with Gasteiger partial charge in [0.15, 0.2) is 19.0 Å². The zero-order chi connectivity index (χ0) is 20.1. The van der Waals surface area contributed by atoms with Gasteiger partial charge in [0.05, 0.1) is 11.3 Å². The summed E-state index contributed by atoms with van der Waals surface area (Å²) in [6, 6.07) is 11.5. The van der Waals surface area contributed by atoms with E-state index in [-0.39, 0.29) is 24.6 Å². The maximum absolute atomic E-state index is 12.2. The first-order chi connectivity index (χ1) is 13.4. The molecule has 1 aliphatic rings. The summed E-state index contributed by atoms with van der Waals surface area (Å²) in [7, 11) is 0. The van der Waals surface area contributed by atoms with Crippen LogP contribution in [0.3, 0.4) is 0 Å². The molecule has 2 N–H and O–H groups in total. The van der Waals surface area contributed by atoms with E-state index in [9.17, 15) is 19.2 Å². The minimum atomic E-state index is -0.734. The van der Waals surface area contributed by atoms with E-state index in [0.717, 1.165) is 3.57 Å². The Morgan fingerprint density at radius 2 is 1.96 bits per heavy atom. The molecule has 8 nitrogen and oxygen atoms in total. The Morgan fingerprint density at radius 3 is 2.75 bits per heavy atom. The summed E-state index contributed by atoms with van der Waals surface area (Å²) < 4.78 is 10.9. The normalized spacial score (nSPS) is 12.2. The van der Waals surface area contributed by atoms with Crippen LogP contribution in [-0.2, 0) is 14.3 Å². The van der Waals surface area contributed by atoms with Crippen LogP contribution in [0.2, 0.25) is 0 Å². The summed E-state index contributed by atoms with van der Waals surface area (Å²) in [5, 5.41) is 5.06. The fraction of sp³-hybridized carbons (Fsp3) is 0.158. The number of rotatable bonds is 6. The van der Waals surface area contributed by atoms with E-state index < -0.39 is 24.3 Å². The smallest absolute Gasteiger partial charge is 0.325 e. The Balaban J connectivity index is 1.50. The molecular weight excluding hydrogens is 479 g/mol. The molecule has 1 aliphatic heterocycles. The number of fused-ring (bicyclic) bond motifs is 1. The van der Waals surface area contributed by atoms with Crippen LogP contribution in [0.5, 0.6) is 5.75 Å². The Kier molecular flexibility index (Phi) is 6.24. The van der Waals surface area contributed by atoms with Gasteiger partial charge in [-0.25, -0.2) is 0 Å². The van der Waals surface area contributed by atoms with Gasteiger partial charge < -0.3 is 20.1 Å². The molecule has 0 atom stereocenters. The highest BCUT2D eigenvalue weighted by molar-refractivity contribution is 14.1. The third-order valence-corrected chi connectivity index (χ3v) is 4.75. The van der Waals surface area contributed by atoms with E-state index in [4.69, 9.17) is 9.47 Å². The van der Waals surface area contributed by atoms with Gasteiger partial charge in [-0.1, -0.05) is 12.1 Å². The topological polar surface area (TPSA) is 111 Å². The van der Waals surface area contributed by atoms with Crippen LogP contribution in [0.4, 0.5) is 5.69 Å². The Bertz CT molecular complexity index is 959. The number of halogens is 1. The SMILES string of the molecule is O=C1COc2ccc(C(=O)COC(=O)CNC(=O)c3ccccc3I)cc2N1.